The lowest BCUT2D eigenvalue weighted by Crippen LogP contribution is -2.53. The van der Waals surface area contributed by atoms with Crippen LogP contribution in [0.2, 0.25) is 0 Å². The van der Waals surface area contributed by atoms with Crippen molar-refractivity contribution < 1.29 is 23.9 Å². The highest BCUT2D eigenvalue weighted by atomic mass is 35.5. The van der Waals surface area contributed by atoms with Gasteiger partial charge in [0.15, 0.2) is 10.1 Å². The number of aliphatic carboxylic acids is 1. The molecular formula is C14H8Cl6N2O5. The third-order valence-corrected chi connectivity index (χ3v) is 8.79. The van der Waals surface area contributed by atoms with E-state index in [-0.39, 0.29) is 15.8 Å². The fourth-order valence-corrected chi connectivity index (χ4v) is 6.23. The molecule has 0 saturated heterocycles. The van der Waals surface area contributed by atoms with Crippen LogP contribution in [0.15, 0.2) is 32.9 Å². The first-order chi connectivity index (χ1) is 12.4. The first-order valence-corrected chi connectivity index (χ1v) is 9.37. The third-order valence-electron chi connectivity index (χ3n) is 4.53. The number of alkyl halides is 4. The van der Waals surface area contributed by atoms with Crippen LogP contribution in [-0.4, -0.2) is 37.0 Å². The molecule has 1 aromatic heterocycles. The summed E-state index contributed by atoms with van der Waals surface area (Å²) in [5, 5.41) is 8.93. The Hall–Kier alpha value is -0.830. The Balaban J connectivity index is 1.95. The van der Waals surface area contributed by atoms with E-state index < -0.39 is 43.7 Å². The van der Waals surface area contributed by atoms with Crippen molar-refractivity contribution in [2.45, 2.75) is 14.1 Å². The quantitative estimate of drug-likeness (QED) is 0.440. The number of fused-ring (bicyclic) bond motifs is 2. The van der Waals surface area contributed by atoms with Gasteiger partial charge in [-0.2, -0.15) is 0 Å². The Bertz CT molecular complexity index is 871. The highest BCUT2D eigenvalue weighted by Crippen LogP contribution is 2.76. The third kappa shape index (κ3) is 2.52. The number of hydrogen-bond acceptors (Lipinski definition) is 4. The normalized spacial score (nSPS) is 33.9. The van der Waals surface area contributed by atoms with E-state index in [1.807, 2.05) is 0 Å². The molecule has 1 aromatic rings. The molecule has 0 aromatic carbocycles. The summed E-state index contributed by atoms with van der Waals surface area (Å²) in [6.07, 6.45) is 1.25. The van der Waals surface area contributed by atoms with Crippen LogP contribution >= 0.6 is 69.6 Å². The van der Waals surface area contributed by atoms with Crippen molar-refractivity contribution in [2.24, 2.45) is 11.8 Å². The summed E-state index contributed by atoms with van der Waals surface area (Å²) < 4.78 is 2.64. The predicted molar refractivity (Wildman–Crippen MR) is 99.3 cm³/mol. The Labute approximate surface area is 181 Å². The van der Waals surface area contributed by atoms with Crippen molar-refractivity contribution in [3.8, 4) is 0 Å². The maximum Gasteiger partial charge on any atom is 0.309 e. The van der Waals surface area contributed by atoms with Gasteiger partial charge in [-0.25, -0.2) is 0 Å². The average Bonchev–Trinajstić information content (AvgIpc) is 3.20. The Morgan fingerprint density at radius 3 is 2.04 bits per heavy atom. The first-order valence-electron chi connectivity index (χ1n) is 7.10. The highest BCUT2D eigenvalue weighted by Gasteiger charge is 2.85. The van der Waals surface area contributed by atoms with Crippen molar-refractivity contribution in [1.29, 1.82) is 0 Å². The van der Waals surface area contributed by atoms with Crippen LogP contribution in [0.5, 0.6) is 0 Å². The lowest BCUT2D eigenvalue weighted by atomic mass is 9.81. The van der Waals surface area contributed by atoms with Gasteiger partial charge in [-0.05, 0) is 12.1 Å². The van der Waals surface area contributed by atoms with Gasteiger partial charge in [0.1, 0.15) is 9.75 Å². The second kappa shape index (κ2) is 6.61. The molecule has 0 aliphatic heterocycles. The maximum absolute atomic E-state index is 12.7. The van der Waals surface area contributed by atoms with Crippen molar-refractivity contribution in [3.63, 3.8) is 0 Å². The largest absolute Gasteiger partial charge is 0.481 e. The second-order valence-corrected chi connectivity index (χ2v) is 9.12. The number of nitrogens with one attached hydrogen (secondary N) is 2. The Kier molecular flexibility index (Phi) is 5.11. The molecule has 3 N–H and O–H groups in total. The number of hydrogen-bond donors (Lipinski definition) is 3. The molecule has 2 amide bonds. The minimum Gasteiger partial charge on any atom is -0.481 e. The van der Waals surface area contributed by atoms with E-state index in [9.17, 15) is 19.5 Å². The smallest absolute Gasteiger partial charge is 0.309 e. The highest BCUT2D eigenvalue weighted by molar-refractivity contribution is 6.66. The molecule has 0 unspecified atom stereocenters. The second-order valence-electron chi connectivity index (χ2n) is 5.84. The van der Waals surface area contributed by atoms with Gasteiger partial charge in [0.05, 0.1) is 28.2 Å². The van der Waals surface area contributed by atoms with Crippen LogP contribution in [-0.2, 0) is 9.59 Å². The Morgan fingerprint density at radius 1 is 1.00 bits per heavy atom. The molecule has 0 spiro atoms. The van der Waals surface area contributed by atoms with Gasteiger partial charge in [-0.1, -0.05) is 46.4 Å². The molecule has 13 heteroatoms. The SMILES string of the molecule is O=C(NNC(=O)[C@H]1[C@H](C(=O)O)[C@@]2(Cl)C(Cl)=C(Cl)[C@@]1(Cl)C2(Cl)Cl)c1ccco1. The van der Waals surface area contributed by atoms with Crippen LogP contribution in [0, 0.1) is 11.8 Å². The zero-order valence-electron chi connectivity index (χ0n) is 12.7. The maximum atomic E-state index is 12.7. The van der Waals surface area contributed by atoms with Gasteiger partial charge in [-0.15, -0.1) is 23.2 Å². The summed E-state index contributed by atoms with van der Waals surface area (Å²) >= 11 is 37.6. The number of carboxylic acid groups (broad SMARTS) is 1. The van der Waals surface area contributed by atoms with Gasteiger partial charge in [-0.3, -0.25) is 25.2 Å². The molecular weight excluding hydrogens is 489 g/mol. The number of rotatable bonds is 3. The van der Waals surface area contributed by atoms with E-state index in [1.165, 1.54) is 18.4 Å². The van der Waals surface area contributed by atoms with E-state index in [1.54, 1.807) is 0 Å². The van der Waals surface area contributed by atoms with E-state index in [0.717, 1.165) is 0 Å². The summed E-state index contributed by atoms with van der Waals surface area (Å²) in [6.45, 7) is 0. The standard InChI is InChI=1S/C14H8Cl6N2O5/c15-7-8(16)13(18)6(11(25)26)5(12(7,17)14(13,19)20)10(24)22-21-9(23)4-2-1-3-27-4/h1-3,5-6H,(H,21,23)(H,22,24)(H,25,26)/t5-,6-,12-,13-/m1/s1. The van der Waals surface area contributed by atoms with Crippen LogP contribution < -0.4 is 10.9 Å². The zero-order valence-corrected chi connectivity index (χ0v) is 17.3. The lowest BCUT2D eigenvalue weighted by molar-refractivity contribution is -0.147. The number of carbonyl (C=O) groups is 3. The number of hydrazine groups is 1. The van der Waals surface area contributed by atoms with Gasteiger partial charge in [0.2, 0.25) is 5.91 Å². The monoisotopic (exact) mass is 494 g/mol. The molecule has 3 rings (SSSR count). The van der Waals surface area contributed by atoms with Crippen molar-refractivity contribution in [3.05, 3.63) is 34.2 Å². The van der Waals surface area contributed by atoms with Gasteiger partial charge in [0, 0.05) is 0 Å². The molecule has 2 bridgehead atoms. The molecule has 1 heterocycles. The summed E-state index contributed by atoms with van der Waals surface area (Å²) in [4.78, 5) is 32.1. The van der Waals surface area contributed by atoms with E-state index in [2.05, 4.69) is 10.9 Å². The minimum absolute atomic E-state index is 0.0996. The fourth-order valence-electron chi connectivity index (χ4n) is 3.29. The molecule has 1 fully saturated rings. The lowest BCUT2D eigenvalue weighted by Gasteiger charge is -2.33. The molecule has 4 atom stereocenters. The van der Waals surface area contributed by atoms with Crippen LogP contribution in [0.25, 0.3) is 0 Å². The van der Waals surface area contributed by atoms with Crippen LogP contribution in [0.4, 0.5) is 0 Å². The van der Waals surface area contributed by atoms with Crippen molar-refractivity contribution in [1.82, 2.24) is 10.9 Å². The summed E-state index contributed by atoms with van der Waals surface area (Å²) in [5.41, 5.74) is 4.11. The number of halogens is 6. The molecule has 27 heavy (non-hydrogen) atoms. The number of carbonyl (C=O) groups excluding carboxylic acids is 2. The summed E-state index contributed by atoms with van der Waals surface area (Å²) in [7, 11) is 0. The molecule has 1 saturated carbocycles. The molecule has 0 radical (unpaired) electrons. The van der Waals surface area contributed by atoms with E-state index in [0.29, 0.717) is 0 Å². The van der Waals surface area contributed by atoms with Crippen molar-refractivity contribution >= 4 is 87.4 Å². The van der Waals surface area contributed by atoms with E-state index >= 15 is 0 Å². The van der Waals surface area contributed by atoms with Gasteiger partial charge in [0.25, 0.3) is 0 Å². The average molecular weight is 497 g/mol. The number of furan rings is 1. The zero-order chi connectivity index (χ0) is 20.4. The summed E-state index contributed by atoms with van der Waals surface area (Å²) in [6, 6.07) is 2.80. The molecule has 7 nitrogen and oxygen atoms in total. The fraction of sp³-hybridized carbons (Fsp3) is 0.357. The molecule has 2 aliphatic carbocycles. The van der Waals surface area contributed by atoms with E-state index in [4.69, 9.17) is 74.0 Å². The number of amides is 2. The van der Waals surface area contributed by atoms with Crippen molar-refractivity contribution in [2.75, 3.05) is 0 Å². The van der Waals surface area contributed by atoms with Gasteiger partial charge >= 0.3 is 11.9 Å². The van der Waals surface area contributed by atoms with Crippen LogP contribution in [0.1, 0.15) is 10.6 Å². The number of allylic oxidation sites excluding steroid dienone is 2. The van der Waals surface area contributed by atoms with Crippen LogP contribution in [0.3, 0.4) is 0 Å². The number of carboxylic acids is 1. The minimum atomic E-state index is -2.23. The first kappa shape index (κ1) is 20.9. The molecule has 2 aliphatic rings. The topological polar surface area (TPSA) is 109 Å². The predicted octanol–water partition coefficient (Wildman–Crippen LogP) is 3.20. The Morgan fingerprint density at radius 2 is 1.56 bits per heavy atom. The summed E-state index contributed by atoms with van der Waals surface area (Å²) in [5.74, 6) is -6.85. The van der Waals surface area contributed by atoms with Gasteiger partial charge < -0.3 is 9.52 Å². The molecule has 146 valence electrons.